The van der Waals surface area contributed by atoms with Gasteiger partial charge in [-0.3, -0.25) is 4.90 Å². The molecule has 1 heterocycles. The summed E-state index contributed by atoms with van der Waals surface area (Å²) in [6, 6.07) is 7.21. The smallest absolute Gasteiger partial charge is 0.0558 e. The van der Waals surface area contributed by atoms with Crippen molar-refractivity contribution in [2.24, 2.45) is 0 Å². The molecule has 0 aromatic heterocycles. The monoisotopic (exact) mass is 262 g/mol. The lowest BCUT2D eigenvalue weighted by Gasteiger charge is -2.25. The minimum absolute atomic E-state index is 0.234. The number of benzene rings is 1. The van der Waals surface area contributed by atoms with Gasteiger partial charge < -0.3 is 10.4 Å². The van der Waals surface area contributed by atoms with Gasteiger partial charge in [0.2, 0.25) is 0 Å². The molecule has 1 atom stereocenters. The molecule has 1 aliphatic rings. The van der Waals surface area contributed by atoms with Gasteiger partial charge in [-0.25, -0.2) is 0 Å². The van der Waals surface area contributed by atoms with Gasteiger partial charge in [-0.15, -0.1) is 0 Å². The van der Waals surface area contributed by atoms with Gasteiger partial charge in [0, 0.05) is 25.7 Å². The maximum atomic E-state index is 9.25. The summed E-state index contributed by atoms with van der Waals surface area (Å²) in [5, 5.41) is 12.8. The van der Waals surface area contributed by atoms with E-state index in [0.29, 0.717) is 6.04 Å². The van der Waals surface area contributed by atoms with E-state index in [-0.39, 0.29) is 6.61 Å². The minimum Gasteiger partial charge on any atom is -0.395 e. The zero-order valence-electron chi connectivity index (χ0n) is 12.2. The number of hydrogen-bond acceptors (Lipinski definition) is 3. The predicted octanol–water partition coefficient (Wildman–Crippen LogP) is 1.85. The van der Waals surface area contributed by atoms with E-state index >= 15 is 0 Å². The van der Waals surface area contributed by atoms with Crippen LogP contribution in [0.25, 0.3) is 0 Å². The highest BCUT2D eigenvalue weighted by Crippen LogP contribution is 2.15. The molecule has 3 nitrogen and oxygen atoms in total. The third-order valence-corrected chi connectivity index (χ3v) is 3.96. The molecule has 1 fully saturated rings. The van der Waals surface area contributed by atoms with Gasteiger partial charge in [-0.2, -0.15) is 0 Å². The molecular weight excluding hydrogens is 236 g/mol. The maximum Gasteiger partial charge on any atom is 0.0558 e. The third-order valence-electron chi connectivity index (χ3n) is 3.96. The lowest BCUT2D eigenvalue weighted by Crippen LogP contribution is -2.38. The average molecular weight is 262 g/mol. The van der Waals surface area contributed by atoms with Gasteiger partial charge in [0.15, 0.2) is 0 Å². The summed E-state index contributed by atoms with van der Waals surface area (Å²) < 4.78 is 0. The summed E-state index contributed by atoms with van der Waals surface area (Å²) in [4.78, 5) is 2.37. The second-order valence-corrected chi connectivity index (χ2v) is 5.68. The third kappa shape index (κ3) is 4.30. The lowest BCUT2D eigenvalue weighted by atomic mass is 10.0. The van der Waals surface area contributed by atoms with Gasteiger partial charge >= 0.3 is 0 Å². The van der Waals surface area contributed by atoms with E-state index in [4.69, 9.17) is 0 Å². The molecule has 1 aliphatic heterocycles. The summed E-state index contributed by atoms with van der Waals surface area (Å²) >= 11 is 0. The maximum absolute atomic E-state index is 9.25. The molecule has 0 amide bonds. The number of aliphatic hydroxyl groups excluding tert-OH is 1. The van der Waals surface area contributed by atoms with Crippen molar-refractivity contribution >= 4 is 0 Å². The fraction of sp³-hybridized carbons (Fsp3) is 0.625. The normalized spacial score (nSPS) is 19.3. The first kappa shape index (κ1) is 14.5. The molecule has 0 spiro atoms. The standard InChI is InChI=1S/C16H26N2O/c1-13-5-6-14(2)15(10-13)11-18(8-9-19)12-16-4-3-7-17-16/h5-6,10,16-17,19H,3-4,7-9,11-12H2,1-2H3. The van der Waals surface area contributed by atoms with Gasteiger partial charge in [0.1, 0.15) is 0 Å². The number of rotatable bonds is 6. The van der Waals surface area contributed by atoms with Crippen LogP contribution in [0.4, 0.5) is 0 Å². The Morgan fingerprint density at radius 3 is 2.89 bits per heavy atom. The van der Waals surface area contributed by atoms with Crippen molar-refractivity contribution in [1.82, 2.24) is 10.2 Å². The number of aliphatic hydroxyl groups is 1. The molecule has 1 saturated heterocycles. The van der Waals surface area contributed by atoms with Crippen LogP contribution in [-0.4, -0.2) is 42.3 Å². The second kappa shape index (κ2) is 7.04. The summed E-state index contributed by atoms with van der Waals surface area (Å²) in [5.74, 6) is 0. The van der Waals surface area contributed by atoms with Crippen LogP contribution in [0.1, 0.15) is 29.5 Å². The summed E-state index contributed by atoms with van der Waals surface area (Å²) in [7, 11) is 0. The zero-order chi connectivity index (χ0) is 13.7. The molecule has 0 aliphatic carbocycles. The topological polar surface area (TPSA) is 35.5 Å². The Morgan fingerprint density at radius 1 is 1.37 bits per heavy atom. The average Bonchev–Trinajstić information content (AvgIpc) is 2.87. The Morgan fingerprint density at radius 2 is 2.21 bits per heavy atom. The molecule has 1 unspecified atom stereocenters. The van der Waals surface area contributed by atoms with Crippen molar-refractivity contribution in [2.45, 2.75) is 39.3 Å². The first-order valence-electron chi connectivity index (χ1n) is 7.32. The zero-order valence-corrected chi connectivity index (χ0v) is 12.2. The molecule has 106 valence electrons. The van der Waals surface area contributed by atoms with Crippen LogP contribution < -0.4 is 5.32 Å². The van der Waals surface area contributed by atoms with E-state index in [9.17, 15) is 5.11 Å². The van der Waals surface area contributed by atoms with E-state index in [1.54, 1.807) is 0 Å². The fourth-order valence-corrected chi connectivity index (χ4v) is 2.81. The molecule has 1 aromatic rings. The van der Waals surface area contributed by atoms with Crippen molar-refractivity contribution in [3.8, 4) is 0 Å². The van der Waals surface area contributed by atoms with Crippen molar-refractivity contribution < 1.29 is 5.11 Å². The Kier molecular flexibility index (Phi) is 5.37. The Bertz CT molecular complexity index is 400. The first-order valence-corrected chi connectivity index (χ1v) is 7.32. The molecular formula is C16H26N2O. The predicted molar refractivity (Wildman–Crippen MR) is 79.3 cm³/mol. The van der Waals surface area contributed by atoms with Crippen LogP contribution >= 0.6 is 0 Å². The van der Waals surface area contributed by atoms with Crippen LogP contribution in [-0.2, 0) is 6.54 Å². The van der Waals surface area contributed by atoms with E-state index in [0.717, 1.165) is 26.2 Å². The number of nitrogens with zero attached hydrogens (tertiary/aromatic N) is 1. The Balaban J connectivity index is 2.00. The van der Waals surface area contributed by atoms with Crippen molar-refractivity contribution in [3.63, 3.8) is 0 Å². The molecule has 3 heteroatoms. The molecule has 0 radical (unpaired) electrons. The highest BCUT2D eigenvalue weighted by Gasteiger charge is 2.18. The van der Waals surface area contributed by atoms with E-state index in [1.807, 2.05) is 0 Å². The summed E-state index contributed by atoms with van der Waals surface area (Å²) in [5.41, 5.74) is 4.03. The van der Waals surface area contributed by atoms with Gasteiger partial charge in [-0.05, 0) is 44.4 Å². The molecule has 1 aromatic carbocycles. The second-order valence-electron chi connectivity index (χ2n) is 5.68. The lowest BCUT2D eigenvalue weighted by molar-refractivity contribution is 0.179. The van der Waals surface area contributed by atoms with Gasteiger partial charge in [-0.1, -0.05) is 23.8 Å². The fourth-order valence-electron chi connectivity index (χ4n) is 2.81. The summed E-state index contributed by atoms with van der Waals surface area (Å²) in [6.07, 6.45) is 2.54. The minimum atomic E-state index is 0.234. The quantitative estimate of drug-likeness (QED) is 0.821. The number of hydrogen-bond donors (Lipinski definition) is 2. The van der Waals surface area contributed by atoms with Crippen molar-refractivity contribution in [2.75, 3.05) is 26.2 Å². The first-order chi connectivity index (χ1) is 9.19. The van der Waals surface area contributed by atoms with Crippen molar-refractivity contribution in [3.05, 3.63) is 34.9 Å². The van der Waals surface area contributed by atoms with Crippen LogP contribution in [0.2, 0.25) is 0 Å². The molecule has 19 heavy (non-hydrogen) atoms. The van der Waals surface area contributed by atoms with Gasteiger partial charge in [0.05, 0.1) is 6.61 Å². The highest BCUT2D eigenvalue weighted by molar-refractivity contribution is 5.30. The van der Waals surface area contributed by atoms with Crippen LogP contribution in [0.3, 0.4) is 0 Å². The molecule has 2 rings (SSSR count). The summed E-state index contributed by atoms with van der Waals surface area (Å²) in [6.45, 7) is 8.40. The van der Waals surface area contributed by atoms with Crippen LogP contribution in [0, 0.1) is 13.8 Å². The number of nitrogens with one attached hydrogen (secondary N) is 1. The van der Waals surface area contributed by atoms with E-state index in [1.165, 1.54) is 29.5 Å². The Labute approximate surface area is 116 Å². The Hall–Kier alpha value is -0.900. The van der Waals surface area contributed by atoms with E-state index in [2.05, 4.69) is 42.3 Å². The SMILES string of the molecule is Cc1ccc(C)c(CN(CCO)CC2CCCN2)c1. The van der Waals surface area contributed by atoms with Gasteiger partial charge in [0.25, 0.3) is 0 Å². The number of aryl methyl sites for hydroxylation is 2. The van der Waals surface area contributed by atoms with E-state index < -0.39 is 0 Å². The largest absolute Gasteiger partial charge is 0.395 e. The van der Waals surface area contributed by atoms with Crippen molar-refractivity contribution in [1.29, 1.82) is 0 Å². The molecule has 2 N–H and O–H groups in total. The molecule has 0 saturated carbocycles. The van der Waals surface area contributed by atoms with Crippen LogP contribution in [0.5, 0.6) is 0 Å². The molecule has 0 bridgehead atoms. The van der Waals surface area contributed by atoms with Crippen LogP contribution in [0.15, 0.2) is 18.2 Å². The highest BCUT2D eigenvalue weighted by atomic mass is 16.3.